The monoisotopic (exact) mass is 299 g/mol. The zero-order valence-corrected chi connectivity index (χ0v) is 10.8. The molecule has 1 aromatic carbocycles. The maximum atomic E-state index is 10.9. The number of hydrogen-bond donors (Lipinski definition) is 2. The zero-order valence-electron chi connectivity index (χ0n) is 9.20. The third-order valence-corrected chi connectivity index (χ3v) is 3.09. The van der Waals surface area contributed by atoms with Gasteiger partial charge in [0, 0.05) is 9.86 Å². The summed E-state index contributed by atoms with van der Waals surface area (Å²) in [6.07, 6.45) is 0. The first-order chi connectivity index (χ1) is 8.08. The number of nitrogens with one attached hydrogen (secondary N) is 1. The van der Waals surface area contributed by atoms with Gasteiger partial charge in [0.2, 0.25) is 0 Å². The van der Waals surface area contributed by atoms with Gasteiger partial charge in [-0.25, -0.2) is 4.79 Å². The van der Waals surface area contributed by atoms with Crippen LogP contribution < -0.4 is 9.47 Å². The Hall–Kier alpha value is -1.69. The molecule has 0 unspecified atom stereocenters. The number of aromatic nitrogens is 1. The van der Waals surface area contributed by atoms with Gasteiger partial charge in [-0.3, -0.25) is 0 Å². The molecule has 0 radical (unpaired) electrons. The minimum atomic E-state index is -1.02. The Kier molecular flexibility index (Phi) is 2.97. The highest BCUT2D eigenvalue weighted by atomic mass is 79.9. The normalized spacial score (nSPS) is 10.5. The number of hydrogen-bond acceptors (Lipinski definition) is 3. The molecule has 0 aliphatic carbocycles. The fraction of sp³-hybridized carbons (Fsp3) is 0.182. The molecule has 17 heavy (non-hydrogen) atoms. The highest BCUT2D eigenvalue weighted by molar-refractivity contribution is 9.10. The third kappa shape index (κ3) is 1.84. The van der Waals surface area contributed by atoms with E-state index in [1.54, 1.807) is 12.1 Å². The predicted octanol–water partition coefficient (Wildman–Crippen LogP) is 2.65. The van der Waals surface area contributed by atoms with Crippen molar-refractivity contribution in [2.45, 2.75) is 0 Å². The minimum Gasteiger partial charge on any atom is -0.493 e. The number of fused-ring (bicyclic) bond motifs is 1. The van der Waals surface area contributed by atoms with Crippen LogP contribution in [0, 0.1) is 0 Å². The summed E-state index contributed by atoms with van der Waals surface area (Å²) in [5, 5.41) is 9.68. The van der Waals surface area contributed by atoms with Gasteiger partial charge < -0.3 is 19.6 Å². The fourth-order valence-electron chi connectivity index (χ4n) is 1.67. The standard InChI is InChI=1S/C11H10BrNO4/c1-16-8-4-6(12)5-3-7(11(14)15)13-9(5)10(8)17-2/h3-4,13H,1-2H3,(H,14,15). The lowest BCUT2D eigenvalue weighted by molar-refractivity contribution is 0.0691. The highest BCUT2D eigenvalue weighted by Gasteiger charge is 2.17. The number of benzene rings is 1. The van der Waals surface area contributed by atoms with Crippen molar-refractivity contribution in [3.05, 3.63) is 22.3 Å². The summed E-state index contributed by atoms with van der Waals surface area (Å²) < 4.78 is 11.1. The van der Waals surface area contributed by atoms with Gasteiger partial charge >= 0.3 is 5.97 Å². The van der Waals surface area contributed by atoms with E-state index in [0.29, 0.717) is 17.0 Å². The van der Waals surface area contributed by atoms with E-state index in [9.17, 15) is 4.79 Å². The molecule has 0 atom stereocenters. The fourth-order valence-corrected chi connectivity index (χ4v) is 2.19. The number of halogens is 1. The third-order valence-electron chi connectivity index (χ3n) is 2.44. The van der Waals surface area contributed by atoms with Crippen LogP contribution in [0.15, 0.2) is 16.6 Å². The van der Waals surface area contributed by atoms with Gasteiger partial charge in [0.25, 0.3) is 0 Å². The van der Waals surface area contributed by atoms with Crippen molar-refractivity contribution in [2.75, 3.05) is 14.2 Å². The first kappa shape index (κ1) is 11.8. The molecule has 0 aliphatic rings. The van der Waals surface area contributed by atoms with Crippen LogP contribution in [0.4, 0.5) is 0 Å². The summed E-state index contributed by atoms with van der Waals surface area (Å²) in [4.78, 5) is 13.7. The second-order valence-corrected chi connectivity index (χ2v) is 4.23. The van der Waals surface area contributed by atoms with Crippen molar-refractivity contribution in [3.8, 4) is 11.5 Å². The Bertz CT molecular complexity index is 591. The van der Waals surface area contributed by atoms with Gasteiger partial charge in [-0.2, -0.15) is 0 Å². The van der Waals surface area contributed by atoms with Crippen LogP contribution in [0.25, 0.3) is 10.9 Å². The average molecular weight is 300 g/mol. The minimum absolute atomic E-state index is 0.104. The summed E-state index contributed by atoms with van der Waals surface area (Å²) in [5.74, 6) is -0.00187. The number of H-pyrrole nitrogens is 1. The van der Waals surface area contributed by atoms with Crippen LogP contribution in [-0.4, -0.2) is 30.3 Å². The van der Waals surface area contributed by atoms with E-state index in [2.05, 4.69) is 20.9 Å². The number of methoxy groups -OCH3 is 2. The van der Waals surface area contributed by atoms with E-state index in [1.807, 2.05) is 0 Å². The molecular weight excluding hydrogens is 290 g/mol. The van der Waals surface area contributed by atoms with Crippen molar-refractivity contribution in [2.24, 2.45) is 0 Å². The van der Waals surface area contributed by atoms with Crippen LogP contribution in [0.2, 0.25) is 0 Å². The van der Waals surface area contributed by atoms with Crippen molar-refractivity contribution in [1.82, 2.24) is 4.98 Å². The molecule has 5 nitrogen and oxygen atoms in total. The number of aromatic carboxylic acids is 1. The molecule has 6 heteroatoms. The number of aromatic amines is 1. The van der Waals surface area contributed by atoms with Gasteiger partial charge in [-0.1, -0.05) is 0 Å². The van der Waals surface area contributed by atoms with Gasteiger partial charge in [0.05, 0.1) is 19.7 Å². The molecule has 0 saturated heterocycles. The second-order valence-electron chi connectivity index (χ2n) is 3.37. The van der Waals surface area contributed by atoms with Crippen molar-refractivity contribution < 1.29 is 19.4 Å². The van der Waals surface area contributed by atoms with Crippen LogP contribution in [0.3, 0.4) is 0 Å². The lowest BCUT2D eigenvalue weighted by atomic mass is 10.2. The van der Waals surface area contributed by atoms with E-state index in [-0.39, 0.29) is 5.69 Å². The maximum absolute atomic E-state index is 10.9. The topological polar surface area (TPSA) is 71.5 Å². The zero-order chi connectivity index (χ0) is 12.6. The van der Waals surface area contributed by atoms with Gasteiger partial charge in [0.15, 0.2) is 11.5 Å². The molecule has 0 fully saturated rings. The lowest BCUT2D eigenvalue weighted by Gasteiger charge is -2.09. The first-order valence-corrected chi connectivity index (χ1v) is 5.54. The predicted molar refractivity (Wildman–Crippen MR) is 66.1 cm³/mol. The molecule has 0 bridgehead atoms. The Morgan fingerprint density at radius 1 is 1.35 bits per heavy atom. The van der Waals surface area contributed by atoms with Crippen LogP contribution in [0.5, 0.6) is 11.5 Å². The van der Waals surface area contributed by atoms with Crippen LogP contribution in [-0.2, 0) is 0 Å². The molecule has 1 heterocycles. The molecular formula is C11H10BrNO4. The van der Waals surface area contributed by atoms with Crippen molar-refractivity contribution in [3.63, 3.8) is 0 Å². The summed E-state index contributed by atoms with van der Waals surface area (Å²) >= 11 is 3.37. The van der Waals surface area contributed by atoms with Gasteiger partial charge in [-0.05, 0) is 28.1 Å². The molecule has 90 valence electrons. The quantitative estimate of drug-likeness (QED) is 0.914. The van der Waals surface area contributed by atoms with E-state index < -0.39 is 5.97 Å². The Morgan fingerprint density at radius 3 is 2.59 bits per heavy atom. The summed E-state index contributed by atoms with van der Waals surface area (Å²) in [5.41, 5.74) is 0.698. The molecule has 0 spiro atoms. The maximum Gasteiger partial charge on any atom is 0.352 e. The van der Waals surface area contributed by atoms with E-state index in [0.717, 1.165) is 9.86 Å². The van der Waals surface area contributed by atoms with Crippen LogP contribution in [0.1, 0.15) is 10.5 Å². The average Bonchev–Trinajstić information content (AvgIpc) is 2.74. The second kappa shape index (κ2) is 4.29. The Morgan fingerprint density at radius 2 is 2.06 bits per heavy atom. The largest absolute Gasteiger partial charge is 0.493 e. The number of ether oxygens (including phenoxy) is 2. The van der Waals surface area contributed by atoms with Crippen molar-refractivity contribution in [1.29, 1.82) is 0 Å². The molecule has 1 aromatic heterocycles. The van der Waals surface area contributed by atoms with Crippen LogP contribution >= 0.6 is 15.9 Å². The number of carboxylic acids is 1. The smallest absolute Gasteiger partial charge is 0.352 e. The molecule has 2 rings (SSSR count). The lowest BCUT2D eigenvalue weighted by Crippen LogP contribution is -1.95. The molecule has 0 amide bonds. The first-order valence-electron chi connectivity index (χ1n) is 4.75. The molecule has 0 saturated carbocycles. The summed E-state index contributed by atoms with van der Waals surface area (Å²) in [7, 11) is 3.03. The van der Waals surface area contributed by atoms with E-state index in [1.165, 1.54) is 14.2 Å². The Balaban J connectivity index is 2.81. The molecule has 2 N–H and O–H groups in total. The SMILES string of the molecule is COc1cc(Br)c2cc(C(=O)O)[nH]c2c1OC. The molecule has 2 aromatic rings. The highest BCUT2D eigenvalue weighted by Crippen LogP contribution is 2.39. The van der Waals surface area contributed by atoms with E-state index in [4.69, 9.17) is 14.6 Å². The number of rotatable bonds is 3. The summed E-state index contributed by atoms with van der Waals surface area (Å²) in [6, 6.07) is 3.28. The number of carboxylic acid groups (broad SMARTS) is 1. The van der Waals surface area contributed by atoms with Crippen molar-refractivity contribution >= 4 is 32.8 Å². The Labute approximate surface area is 105 Å². The van der Waals surface area contributed by atoms with Gasteiger partial charge in [0.1, 0.15) is 5.69 Å². The molecule has 0 aliphatic heterocycles. The number of carbonyl (C=O) groups is 1. The van der Waals surface area contributed by atoms with E-state index >= 15 is 0 Å². The summed E-state index contributed by atoms with van der Waals surface area (Å²) in [6.45, 7) is 0. The van der Waals surface area contributed by atoms with Gasteiger partial charge in [-0.15, -0.1) is 0 Å².